The maximum Gasteiger partial charge on any atom is 0.258 e. The Morgan fingerprint density at radius 3 is 2.44 bits per heavy atom. The molecule has 2 saturated heterocycles. The molecule has 3 atom stereocenters. The number of nitrogens with zero attached hydrogens (tertiary/aromatic N) is 6. The smallest absolute Gasteiger partial charge is 0.258 e. The first-order chi connectivity index (χ1) is 32.5. The monoisotopic (exact) mass is 990 g/mol. The molecule has 2 aliphatic heterocycles. The third kappa shape index (κ3) is 11.3. The van der Waals surface area contributed by atoms with Gasteiger partial charge in [-0.2, -0.15) is 16.7 Å². The third-order valence-corrected chi connectivity index (χ3v) is 16.4. The number of carbonyl (C=O) groups excluding carboxylic acids is 4. The van der Waals surface area contributed by atoms with Crippen LogP contribution < -0.4 is 26.0 Å². The van der Waals surface area contributed by atoms with E-state index in [1.165, 1.54) is 11.1 Å². The number of β-amino-alcohol motifs (C(OH)–C–C–N with tert-alkyl or cyclic N) is 1. The number of hydrogen-bond acceptors (Lipinski definition) is 14. The Hall–Kier alpha value is -5.08. The SMILES string of the molecule is CNc1nc(Nc2ccc(C(=O)N3CCN(CC4CC(CSC(C)(C)C(NC(=O)C5(F)CC5)C(=O)N5C[C@H](O)C[C@H]5C(=O)NCc5ccc(-c6scnc6C)cc5)C4)CC3)cc2OC)ncc1Cl. The number of thioether (sulfide) groups is 1. The van der Waals surface area contributed by atoms with Crippen molar-refractivity contribution in [2.24, 2.45) is 11.8 Å². The standard InChI is InChI=1S/C48H60ClFN10O6S2/c1-28-39(67-27-54-28)32-8-6-29(7-9-32)22-52-42(62)37-21-34(61)25-60(37)44(64)40(56-45(65)48(50)12-13-48)47(2,3)68-26-31-18-30(19-31)24-58-14-16-59(17-15-58)43(63)33-10-11-36(38(20-33)66-5)55-46-53-23-35(49)41(51-4)57-46/h6-11,20,23,27,30-31,34,37,40,61H,12-19,21-22,24-26H2,1-5H3,(H,52,62)(H,56,65)(H2,51,53,55,57)/t30?,31?,34-,37+,40?/m1/s1. The number of alkyl halides is 1. The van der Waals surface area contributed by atoms with Crippen molar-refractivity contribution in [2.45, 2.75) is 88.0 Å². The van der Waals surface area contributed by atoms with Crippen molar-refractivity contribution >= 4 is 75.8 Å². The zero-order chi connectivity index (χ0) is 48.3. The Balaban J connectivity index is 0.811. The van der Waals surface area contributed by atoms with Crippen molar-refractivity contribution in [3.05, 3.63) is 76.0 Å². The highest BCUT2D eigenvalue weighted by Gasteiger charge is 2.54. The Kier molecular flexibility index (Phi) is 15.1. The Labute approximate surface area is 409 Å². The van der Waals surface area contributed by atoms with E-state index in [4.69, 9.17) is 16.3 Å². The van der Waals surface area contributed by atoms with Gasteiger partial charge in [-0.15, -0.1) is 11.3 Å². The molecule has 4 aromatic rings. The quantitative estimate of drug-likeness (QED) is 0.0790. The number of rotatable bonds is 18. The van der Waals surface area contributed by atoms with Gasteiger partial charge in [-0.05, 0) is 93.4 Å². The summed E-state index contributed by atoms with van der Waals surface area (Å²) in [6, 6.07) is 11.0. The van der Waals surface area contributed by atoms with Gasteiger partial charge in [-0.25, -0.2) is 14.4 Å². The van der Waals surface area contributed by atoms with Gasteiger partial charge in [0.2, 0.25) is 17.8 Å². The molecule has 4 fully saturated rings. The topological polar surface area (TPSA) is 194 Å². The molecule has 4 amide bonds. The number of aliphatic hydroxyl groups is 1. The number of likely N-dealkylation sites (tertiary alicyclic amines) is 1. The van der Waals surface area contributed by atoms with Crippen LogP contribution in [0.5, 0.6) is 5.75 Å². The number of methoxy groups -OCH3 is 1. The number of aromatic nitrogens is 3. The summed E-state index contributed by atoms with van der Waals surface area (Å²) < 4.78 is 19.9. The zero-order valence-electron chi connectivity index (χ0n) is 39.0. The maximum absolute atomic E-state index is 15.1. The Bertz CT molecular complexity index is 2480. The van der Waals surface area contributed by atoms with E-state index in [2.05, 4.69) is 41.1 Å². The molecule has 16 nitrogen and oxygen atoms in total. The lowest BCUT2D eigenvalue weighted by atomic mass is 9.75. The summed E-state index contributed by atoms with van der Waals surface area (Å²) in [6.07, 6.45) is 2.84. The molecule has 5 N–H and O–H groups in total. The molecule has 0 spiro atoms. The first-order valence-corrected chi connectivity index (χ1v) is 25.3. The molecule has 68 heavy (non-hydrogen) atoms. The van der Waals surface area contributed by atoms with Crippen LogP contribution in [0, 0.1) is 18.8 Å². The summed E-state index contributed by atoms with van der Waals surface area (Å²) in [7, 11) is 3.26. The van der Waals surface area contributed by atoms with Crippen molar-refractivity contribution in [3.63, 3.8) is 0 Å². The second-order valence-electron chi connectivity index (χ2n) is 18.8. The van der Waals surface area contributed by atoms with Gasteiger partial charge in [0.25, 0.3) is 11.8 Å². The summed E-state index contributed by atoms with van der Waals surface area (Å²) in [6.45, 7) is 9.54. The van der Waals surface area contributed by atoms with Crippen molar-refractivity contribution in [1.29, 1.82) is 0 Å². The number of ether oxygens (including phenoxy) is 1. The van der Waals surface area contributed by atoms with Crippen molar-refractivity contribution in [2.75, 3.05) is 69.8 Å². The highest BCUT2D eigenvalue weighted by molar-refractivity contribution is 8.00. The van der Waals surface area contributed by atoms with Gasteiger partial charge in [-0.3, -0.25) is 24.1 Å². The number of piperazine rings is 1. The third-order valence-electron chi connectivity index (χ3n) is 13.5. The van der Waals surface area contributed by atoms with E-state index in [9.17, 15) is 24.3 Å². The van der Waals surface area contributed by atoms with E-state index >= 15 is 4.39 Å². The fraction of sp³-hybridized carbons (Fsp3) is 0.521. The average Bonchev–Trinajstić information content (AvgIpc) is 3.73. The van der Waals surface area contributed by atoms with Gasteiger partial charge in [0.15, 0.2) is 5.67 Å². The number of thiazole rings is 1. The van der Waals surface area contributed by atoms with Gasteiger partial charge in [0.1, 0.15) is 28.7 Å². The summed E-state index contributed by atoms with van der Waals surface area (Å²) in [5.41, 5.74) is 3.80. The predicted molar refractivity (Wildman–Crippen MR) is 263 cm³/mol. The molecule has 0 bridgehead atoms. The van der Waals surface area contributed by atoms with Crippen LogP contribution >= 0.6 is 34.7 Å². The van der Waals surface area contributed by atoms with E-state index in [0.717, 1.165) is 59.9 Å². The van der Waals surface area contributed by atoms with Gasteiger partial charge in [0, 0.05) is 69.6 Å². The summed E-state index contributed by atoms with van der Waals surface area (Å²) in [5, 5.41) is 22.9. The fourth-order valence-corrected chi connectivity index (χ4v) is 11.4. The number of carbonyl (C=O) groups is 4. The van der Waals surface area contributed by atoms with Crippen molar-refractivity contribution in [3.8, 4) is 16.2 Å². The Morgan fingerprint density at radius 1 is 1.04 bits per heavy atom. The van der Waals surface area contributed by atoms with Crippen LogP contribution in [0.2, 0.25) is 5.02 Å². The lowest BCUT2D eigenvalue weighted by Gasteiger charge is -2.43. The molecule has 1 unspecified atom stereocenters. The molecule has 2 aromatic carbocycles. The minimum absolute atomic E-state index is 0.0551. The summed E-state index contributed by atoms with van der Waals surface area (Å²) >= 11 is 9.26. The zero-order valence-corrected chi connectivity index (χ0v) is 41.4. The Morgan fingerprint density at radius 2 is 1.78 bits per heavy atom. The second-order valence-corrected chi connectivity index (χ2v) is 21.8. The van der Waals surface area contributed by atoms with Crippen LogP contribution in [0.15, 0.2) is 54.2 Å². The molecular formula is C48H60ClFN10O6S2. The molecule has 4 heterocycles. The van der Waals surface area contributed by atoms with E-state index < -0.39 is 46.3 Å². The normalized spacial score (nSPS) is 21.6. The molecule has 20 heteroatoms. The number of anilines is 3. The van der Waals surface area contributed by atoms with Gasteiger partial charge >= 0.3 is 0 Å². The van der Waals surface area contributed by atoms with E-state index in [1.54, 1.807) is 55.5 Å². The van der Waals surface area contributed by atoms with E-state index in [-0.39, 0.29) is 38.3 Å². The molecule has 4 aliphatic rings. The van der Waals surface area contributed by atoms with Crippen molar-refractivity contribution < 1.29 is 33.4 Å². The highest BCUT2D eigenvalue weighted by atomic mass is 35.5. The van der Waals surface area contributed by atoms with Gasteiger partial charge in [0.05, 0.1) is 41.2 Å². The number of benzene rings is 2. The van der Waals surface area contributed by atoms with E-state index in [1.807, 2.05) is 55.4 Å². The molecule has 0 radical (unpaired) electrons. The van der Waals surface area contributed by atoms with E-state index in [0.29, 0.717) is 58.7 Å². The molecule has 2 aromatic heterocycles. The minimum Gasteiger partial charge on any atom is -0.495 e. The summed E-state index contributed by atoms with van der Waals surface area (Å²) in [5.74, 6) is 1.13. The van der Waals surface area contributed by atoms with Crippen LogP contribution in [0.1, 0.15) is 67.6 Å². The van der Waals surface area contributed by atoms with Crippen LogP contribution in [0.4, 0.5) is 21.8 Å². The molecular weight excluding hydrogens is 931 g/mol. The lowest BCUT2D eigenvalue weighted by molar-refractivity contribution is -0.143. The predicted octanol–water partition coefficient (Wildman–Crippen LogP) is 5.92. The largest absolute Gasteiger partial charge is 0.495 e. The molecule has 8 rings (SSSR count). The van der Waals surface area contributed by atoms with Gasteiger partial charge < -0.3 is 40.9 Å². The highest BCUT2D eigenvalue weighted by Crippen LogP contribution is 2.43. The fourth-order valence-electron chi connectivity index (χ4n) is 9.17. The first kappa shape index (κ1) is 49.3. The number of aryl methyl sites for hydroxylation is 1. The van der Waals surface area contributed by atoms with Crippen LogP contribution in [0.3, 0.4) is 0 Å². The number of nitrogens with one attached hydrogen (secondary N) is 4. The molecule has 2 aliphatic carbocycles. The summed E-state index contributed by atoms with van der Waals surface area (Å²) in [4.78, 5) is 74.6. The minimum atomic E-state index is -2.00. The maximum atomic E-state index is 15.1. The second kappa shape index (κ2) is 20.9. The van der Waals surface area contributed by atoms with Crippen LogP contribution in [-0.4, -0.2) is 146 Å². The number of aliphatic hydroxyl groups excluding tert-OH is 1. The molecule has 364 valence electrons. The average molecular weight is 992 g/mol. The van der Waals surface area contributed by atoms with Crippen LogP contribution in [0.25, 0.3) is 10.4 Å². The first-order valence-electron chi connectivity index (χ1n) is 23.1. The van der Waals surface area contributed by atoms with Crippen molar-refractivity contribution in [1.82, 2.24) is 40.3 Å². The molecule has 2 saturated carbocycles. The number of amides is 4. The lowest BCUT2D eigenvalue weighted by Crippen LogP contribution is -2.61. The van der Waals surface area contributed by atoms with Gasteiger partial charge in [-0.1, -0.05) is 35.9 Å². The number of halogens is 2. The number of hydrogen-bond donors (Lipinski definition) is 5. The van der Waals surface area contributed by atoms with Crippen LogP contribution in [-0.2, 0) is 20.9 Å².